The Morgan fingerprint density at radius 3 is 2.28 bits per heavy atom. The van der Waals surface area contributed by atoms with Crippen LogP contribution in [0.1, 0.15) is 69.5 Å². The highest BCUT2D eigenvalue weighted by Crippen LogP contribution is 2.65. The number of carbonyl (C=O) groups is 1. The van der Waals surface area contributed by atoms with Crippen LogP contribution in [-0.2, 0) is 9.47 Å². The van der Waals surface area contributed by atoms with Gasteiger partial charge in [-0.2, -0.15) is 0 Å². The zero-order valence-electron chi connectivity index (χ0n) is 20.1. The number of rotatable bonds is 5. The maximum atomic E-state index is 12.1. The van der Waals surface area contributed by atoms with E-state index in [9.17, 15) is 4.79 Å². The van der Waals surface area contributed by atoms with Crippen LogP contribution in [0.25, 0.3) is 0 Å². The number of thioether (sulfide) groups is 2. The summed E-state index contributed by atoms with van der Waals surface area (Å²) >= 11 is 4.18. The SMILES string of the molecule is COc1cc(C=O)c([C@H]2OC(C)(C)O[C@@H]2C2=C(C)CCC3(SCCS3)C2(C)C)c(OC)c1. The molecule has 4 rings (SSSR count). The molecule has 32 heavy (non-hydrogen) atoms. The molecule has 0 unspecified atom stereocenters. The molecule has 0 bridgehead atoms. The number of hydrogen-bond acceptors (Lipinski definition) is 7. The molecule has 1 spiro atoms. The summed E-state index contributed by atoms with van der Waals surface area (Å²) in [5.74, 6) is 2.73. The van der Waals surface area contributed by atoms with Crippen molar-refractivity contribution < 1.29 is 23.7 Å². The Hall–Kier alpha value is -1.15. The highest BCUT2D eigenvalue weighted by atomic mass is 32.2. The van der Waals surface area contributed by atoms with E-state index in [1.165, 1.54) is 22.7 Å². The van der Waals surface area contributed by atoms with Gasteiger partial charge in [-0.05, 0) is 45.3 Å². The summed E-state index contributed by atoms with van der Waals surface area (Å²) in [6.07, 6.45) is 2.30. The molecule has 1 aromatic rings. The fourth-order valence-corrected chi connectivity index (χ4v) is 9.18. The summed E-state index contributed by atoms with van der Waals surface area (Å²) in [6.45, 7) is 10.8. The normalized spacial score (nSPS) is 28.2. The van der Waals surface area contributed by atoms with E-state index >= 15 is 0 Å². The second-order valence-electron chi connectivity index (χ2n) is 9.70. The third-order valence-electron chi connectivity index (χ3n) is 7.06. The molecule has 2 aliphatic heterocycles. The molecule has 0 saturated carbocycles. The van der Waals surface area contributed by atoms with Gasteiger partial charge < -0.3 is 18.9 Å². The standard InChI is InChI=1S/C25H34O5S2/c1-15-8-9-25(31-10-11-32-25)23(2,3)20(15)22-21(29-24(4,5)30-22)19-16(14-26)12-17(27-6)13-18(19)28-7/h12-14,21-22H,8-11H2,1-7H3/t21-,22-/m1/s1. The van der Waals surface area contributed by atoms with E-state index in [-0.39, 0.29) is 15.6 Å². The Kier molecular flexibility index (Phi) is 6.42. The first-order valence-electron chi connectivity index (χ1n) is 11.1. The minimum absolute atomic E-state index is 0.0884. The predicted molar refractivity (Wildman–Crippen MR) is 131 cm³/mol. The number of hydrogen-bond donors (Lipinski definition) is 0. The van der Waals surface area contributed by atoms with Crippen molar-refractivity contribution in [2.75, 3.05) is 25.7 Å². The summed E-state index contributed by atoms with van der Waals surface area (Å²) in [5, 5.41) is 0. The summed E-state index contributed by atoms with van der Waals surface area (Å²) in [4.78, 5) is 12.1. The molecule has 0 aromatic heterocycles. The van der Waals surface area contributed by atoms with Crippen LogP contribution in [-0.4, -0.2) is 48.0 Å². The van der Waals surface area contributed by atoms with Crippen LogP contribution in [0, 0.1) is 5.41 Å². The summed E-state index contributed by atoms with van der Waals surface area (Å²) < 4.78 is 24.4. The summed E-state index contributed by atoms with van der Waals surface area (Å²) in [5.41, 5.74) is 3.81. The van der Waals surface area contributed by atoms with Crippen molar-refractivity contribution in [3.63, 3.8) is 0 Å². The molecule has 7 heteroatoms. The Morgan fingerprint density at radius 1 is 1.03 bits per heavy atom. The maximum Gasteiger partial charge on any atom is 0.164 e. The highest BCUT2D eigenvalue weighted by molar-refractivity contribution is 8.21. The van der Waals surface area contributed by atoms with Crippen LogP contribution in [0.5, 0.6) is 11.5 Å². The molecule has 0 N–H and O–H groups in total. The molecule has 3 aliphatic rings. The largest absolute Gasteiger partial charge is 0.497 e. The van der Waals surface area contributed by atoms with Gasteiger partial charge in [0, 0.05) is 34.1 Å². The van der Waals surface area contributed by atoms with E-state index in [0.717, 1.165) is 24.7 Å². The van der Waals surface area contributed by atoms with Gasteiger partial charge in [0.15, 0.2) is 12.1 Å². The van der Waals surface area contributed by atoms with Crippen molar-refractivity contribution in [3.8, 4) is 11.5 Å². The van der Waals surface area contributed by atoms with Crippen molar-refractivity contribution in [3.05, 3.63) is 34.4 Å². The van der Waals surface area contributed by atoms with Gasteiger partial charge >= 0.3 is 0 Å². The summed E-state index contributed by atoms with van der Waals surface area (Å²) in [6, 6.07) is 3.56. The van der Waals surface area contributed by atoms with Gasteiger partial charge in [-0.25, -0.2) is 0 Å². The minimum Gasteiger partial charge on any atom is -0.497 e. The van der Waals surface area contributed by atoms with Crippen LogP contribution in [0.3, 0.4) is 0 Å². The fraction of sp³-hybridized carbons (Fsp3) is 0.640. The number of aldehydes is 1. The third-order valence-corrected chi connectivity index (χ3v) is 11.2. The minimum atomic E-state index is -0.787. The lowest BCUT2D eigenvalue weighted by Gasteiger charge is -2.50. The van der Waals surface area contributed by atoms with E-state index in [2.05, 4.69) is 44.3 Å². The molecule has 2 heterocycles. The molecule has 0 amide bonds. The Balaban J connectivity index is 1.87. The van der Waals surface area contributed by atoms with E-state index in [1.54, 1.807) is 20.3 Å². The zero-order chi connectivity index (χ0) is 23.3. The fourth-order valence-electron chi connectivity index (χ4n) is 5.59. The van der Waals surface area contributed by atoms with E-state index < -0.39 is 11.9 Å². The van der Waals surface area contributed by atoms with Gasteiger partial charge in [-0.15, -0.1) is 23.5 Å². The molecule has 0 radical (unpaired) electrons. The lowest BCUT2D eigenvalue weighted by Crippen LogP contribution is -2.46. The average Bonchev–Trinajstić information content (AvgIpc) is 3.35. The smallest absolute Gasteiger partial charge is 0.164 e. The second-order valence-corrected chi connectivity index (χ2v) is 12.7. The number of allylic oxidation sites excluding steroid dienone is 1. The maximum absolute atomic E-state index is 12.1. The van der Waals surface area contributed by atoms with E-state index in [0.29, 0.717) is 17.1 Å². The number of methoxy groups -OCH3 is 2. The molecule has 176 valence electrons. The molecular formula is C25H34O5S2. The molecule has 5 nitrogen and oxygen atoms in total. The molecule has 1 aromatic carbocycles. The Bertz CT molecular complexity index is 931. The molecule has 2 fully saturated rings. The zero-order valence-corrected chi connectivity index (χ0v) is 21.7. The Labute approximate surface area is 200 Å². The average molecular weight is 479 g/mol. The number of ether oxygens (including phenoxy) is 4. The first kappa shape index (κ1) is 24.0. The predicted octanol–water partition coefficient (Wildman–Crippen LogP) is 6.02. The monoisotopic (exact) mass is 478 g/mol. The quantitative estimate of drug-likeness (QED) is 0.379. The molecule has 2 saturated heterocycles. The van der Waals surface area contributed by atoms with E-state index in [4.69, 9.17) is 18.9 Å². The third kappa shape index (κ3) is 3.79. The molecular weight excluding hydrogens is 444 g/mol. The molecule has 2 atom stereocenters. The van der Waals surface area contributed by atoms with Crippen molar-refractivity contribution in [2.45, 2.75) is 69.5 Å². The van der Waals surface area contributed by atoms with Crippen molar-refractivity contribution >= 4 is 29.8 Å². The first-order chi connectivity index (χ1) is 15.1. The topological polar surface area (TPSA) is 54.0 Å². The van der Waals surface area contributed by atoms with Gasteiger partial charge in [-0.3, -0.25) is 4.79 Å². The number of carbonyl (C=O) groups excluding carboxylic acids is 1. The van der Waals surface area contributed by atoms with Crippen molar-refractivity contribution in [1.29, 1.82) is 0 Å². The van der Waals surface area contributed by atoms with Crippen LogP contribution in [0.15, 0.2) is 23.3 Å². The van der Waals surface area contributed by atoms with E-state index in [1.807, 2.05) is 19.9 Å². The van der Waals surface area contributed by atoms with Gasteiger partial charge in [0.05, 0.1) is 18.3 Å². The van der Waals surface area contributed by atoms with Crippen LogP contribution in [0.4, 0.5) is 0 Å². The lowest BCUT2D eigenvalue weighted by molar-refractivity contribution is -0.145. The molecule has 1 aliphatic carbocycles. The van der Waals surface area contributed by atoms with Gasteiger partial charge in [0.2, 0.25) is 0 Å². The van der Waals surface area contributed by atoms with Crippen LogP contribution < -0.4 is 9.47 Å². The summed E-state index contributed by atoms with van der Waals surface area (Å²) in [7, 11) is 3.19. The van der Waals surface area contributed by atoms with Gasteiger partial charge in [0.25, 0.3) is 0 Å². The second kappa shape index (κ2) is 8.57. The van der Waals surface area contributed by atoms with Crippen molar-refractivity contribution in [2.24, 2.45) is 5.41 Å². The van der Waals surface area contributed by atoms with Gasteiger partial charge in [-0.1, -0.05) is 19.4 Å². The van der Waals surface area contributed by atoms with Crippen LogP contribution >= 0.6 is 23.5 Å². The lowest BCUT2D eigenvalue weighted by atomic mass is 9.68. The first-order valence-corrected chi connectivity index (χ1v) is 13.1. The van der Waals surface area contributed by atoms with Crippen LogP contribution in [0.2, 0.25) is 0 Å². The van der Waals surface area contributed by atoms with Crippen molar-refractivity contribution in [1.82, 2.24) is 0 Å². The number of benzene rings is 1. The highest BCUT2D eigenvalue weighted by Gasteiger charge is 2.58. The Morgan fingerprint density at radius 2 is 1.69 bits per heavy atom. The van der Waals surface area contributed by atoms with Gasteiger partial charge in [0.1, 0.15) is 23.7 Å².